The van der Waals surface area contributed by atoms with E-state index in [-0.39, 0.29) is 24.4 Å². The summed E-state index contributed by atoms with van der Waals surface area (Å²) in [5.74, 6) is -0.292. The number of methoxy groups -OCH3 is 1. The van der Waals surface area contributed by atoms with Crippen molar-refractivity contribution in [1.29, 1.82) is 0 Å². The van der Waals surface area contributed by atoms with Gasteiger partial charge in [0.25, 0.3) is 0 Å². The Bertz CT molecular complexity index is 779. The molecule has 1 fully saturated rings. The van der Waals surface area contributed by atoms with E-state index in [1.54, 1.807) is 24.3 Å². The summed E-state index contributed by atoms with van der Waals surface area (Å²) in [6.45, 7) is 1.86. The summed E-state index contributed by atoms with van der Waals surface area (Å²) in [4.78, 5) is 13.1. The third-order valence-corrected chi connectivity index (χ3v) is 7.85. The maximum atomic E-state index is 13.6. The Hall–Kier alpha value is -1.70. The fourth-order valence-corrected chi connectivity index (χ4v) is 6.16. The van der Waals surface area contributed by atoms with Gasteiger partial charge in [-0.1, -0.05) is 24.3 Å². The van der Waals surface area contributed by atoms with Crippen LogP contribution in [0.1, 0.15) is 45.4 Å². The molecule has 1 heterocycles. The molecular weight excluding hydrogens is 404 g/mol. The highest BCUT2D eigenvalue weighted by molar-refractivity contribution is 7.85. The largest absolute Gasteiger partial charge is 0.495 e. The van der Waals surface area contributed by atoms with Crippen LogP contribution in [-0.2, 0) is 20.3 Å². The molecule has 1 aromatic carbocycles. The lowest BCUT2D eigenvalue weighted by Crippen LogP contribution is -2.40. The summed E-state index contributed by atoms with van der Waals surface area (Å²) >= 11 is 0. The van der Waals surface area contributed by atoms with Gasteiger partial charge in [0.15, 0.2) is 0 Å². The summed E-state index contributed by atoms with van der Waals surface area (Å²) < 4.78 is 24.4. The molecular formula is C23H32O6S. The van der Waals surface area contributed by atoms with Gasteiger partial charge in [0, 0.05) is 0 Å². The van der Waals surface area contributed by atoms with E-state index < -0.39 is 34.2 Å². The molecule has 6 nitrogen and oxygen atoms in total. The van der Waals surface area contributed by atoms with E-state index in [9.17, 15) is 19.2 Å². The fourth-order valence-electron chi connectivity index (χ4n) is 4.52. The lowest BCUT2D eigenvalue weighted by molar-refractivity contribution is -0.149. The molecule has 3 rings (SSSR count). The first-order valence-corrected chi connectivity index (χ1v) is 11.9. The van der Waals surface area contributed by atoms with E-state index in [2.05, 4.69) is 12.2 Å². The van der Waals surface area contributed by atoms with Crippen LogP contribution in [0, 0.1) is 11.8 Å². The number of rotatable bonds is 3. The Morgan fingerprint density at radius 1 is 1.20 bits per heavy atom. The van der Waals surface area contributed by atoms with Crippen LogP contribution < -0.4 is 4.74 Å². The molecule has 0 aromatic heterocycles. The summed E-state index contributed by atoms with van der Waals surface area (Å²) in [6, 6.07) is 6.94. The number of benzene rings is 1. The van der Waals surface area contributed by atoms with Crippen molar-refractivity contribution in [3.63, 3.8) is 0 Å². The highest BCUT2D eigenvalue weighted by atomic mass is 32.2. The van der Waals surface area contributed by atoms with Crippen LogP contribution in [-0.4, -0.2) is 51.1 Å². The molecule has 0 amide bonds. The maximum Gasteiger partial charge on any atom is 0.307 e. The third kappa shape index (κ3) is 5.50. The minimum absolute atomic E-state index is 0.0126. The van der Waals surface area contributed by atoms with Crippen molar-refractivity contribution in [1.82, 2.24) is 0 Å². The van der Waals surface area contributed by atoms with Crippen LogP contribution in [0.15, 0.2) is 41.3 Å². The second-order valence-electron chi connectivity index (χ2n) is 8.29. The monoisotopic (exact) mass is 436 g/mol. The van der Waals surface area contributed by atoms with Gasteiger partial charge < -0.3 is 19.7 Å². The Morgan fingerprint density at radius 2 is 1.97 bits per heavy atom. The third-order valence-electron chi connectivity index (χ3n) is 6.08. The van der Waals surface area contributed by atoms with Crippen molar-refractivity contribution in [2.75, 3.05) is 7.11 Å². The number of aliphatic hydroxyl groups is 2. The van der Waals surface area contributed by atoms with E-state index >= 15 is 0 Å². The Balaban J connectivity index is 1.95. The smallest absolute Gasteiger partial charge is 0.307 e. The molecule has 166 valence electrons. The number of cyclic esters (lactones) is 1. The predicted octanol–water partition coefficient (Wildman–Crippen LogP) is 2.98. The maximum absolute atomic E-state index is 13.6. The second-order valence-corrected chi connectivity index (χ2v) is 9.93. The number of aliphatic hydroxyl groups excluding tert-OH is 2. The second kappa shape index (κ2) is 10.6. The number of allylic oxidation sites excluding steroid dienone is 2. The molecule has 1 aliphatic carbocycles. The average Bonchev–Trinajstić information content (AvgIpc) is 3.10. The van der Waals surface area contributed by atoms with Crippen molar-refractivity contribution in [3.05, 3.63) is 36.4 Å². The standard InChI is InChI=1S/C23H32O6S/c1-15-8-4-3-5-9-16-12-17(24)13-18(16)23(26)21(14-22(25)29-15)30(27)20-11-7-6-10-19(20)28-2/h5-7,9-11,15-18,21,23-24,26H,3-4,8,12-14H2,1-2H3/b9-5+/t15-,16+,17-,18+,21+,23+,30?/m0/s1. The van der Waals surface area contributed by atoms with E-state index in [1.807, 2.05) is 6.92 Å². The molecule has 0 saturated heterocycles. The van der Waals surface area contributed by atoms with Gasteiger partial charge in [-0.15, -0.1) is 0 Å². The number of esters is 1. The molecule has 7 heteroatoms. The van der Waals surface area contributed by atoms with Crippen molar-refractivity contribution in [2.45, 2.75) is 73.9 Å². The van der Waals surface area contributed by atoms with Crippen molar-refractivity contribution >= 4 is 16.8 Å². The molecule has 2 N–H and O–H groups in total. The van der Waals surface area contributed by atoms with E-state index in [0.717, 1.165) is 19.3 Å². The minimum Gasteiger partial charge on any atom is -0.495 e. The van der Waals surface area contributed by atoms with E-state index in [1.165, 1.54) is 7.11 Å². The molecule has 0 spiro atoms. The predicted molar refractivity (Wildman–Crippen MR) is 115 cm³/mol. The first-order chi connectivity index (χ1) is 14.4. The van der Waals surface area contributed by atoms with E-state index in [0.29, 0.717) is 23.5 Å². The summed E-state index contributed by atoms with van der Waals surface area (Å²) in [6.07, 6.45) is 5.71. The number of ether oxygens (including phenoxy) is 2. The fraction of sp³-hybridized carbons (Fsp3) is 0.609. The molecule has 2 aliphatic rings. The van der Waals surface area contributed by atoms with Crippen LogP contribution in [0.25, 0.3) is 0 Å². The number of para-hydroxylation sites is 1. The summed E-state index contributed by atoms with van der Waals surface area (Å²) in [7, 11) is -0.191. The Labute approximate surface area is 180 Å². The van der Waals surface area contributed by atoms with Gasteiger partial charge in [-0.3, -0.25) is 9.00 Å². The van der Waals surface area contributed by atoms with Crippen LogP contribution in [0.2, 0.25) is 0 Å². The Kier molecular flexibility index (Phi) is 8.08. The van der Waals surface area contributed by atoms with Crippen LogP contribution in [0.5, 0.6) is 5.75 Å². The summed E-state index contributed by atoms with van der Waals surface area (Å²) in [5.41, 5.74) is 0. The SMILES string of the molecule is COc1ccccc1S(=O)[C@@H]1CC(=O)O[C@@H](C)CCC/C=C/[C@@H]2C[C@H](O)C[C@H]2[C@H]1O. The molecule has 0 bridgehead atoms. The van der Waals surface area contributed by atoms with Crippen LogP contribution >= 0.6 is 0 Å². The number of carbonyl (C=O) groups excluding carboxylic acids is 1. The molecule has 1 aromatic rings. The van der Waals surface area contributed by atoms with Gasteiger partial charge >= 0.3 is 5.97 Å². The first-order valence-electron chi connectivity index (χ1n) is 10.7. The normalized spacial score (nSPS) is 35.1. The zero-order chi connectivity index (χ0) is 21.7. The van der Waals surface area contributed by atoms with Crippen molar-refractivity contribution in [3.8, 4) is 5.75 Å². The molecule has 1 saturated carbocycles. The zero-order valence-corrected chi connectivity index (χ0v) is 18.4. The molecule has 1 unspecified atom stereocenters. The van der Waals surface area contributed by atoms with Gasteiger partial charge in [-0.05, 0) is 63.0 Å². The first kappa shape index (κ1) is 23.0. The number of carbonyl (C=O) groups is 1. The topological polar surface area (TPSA) is 93.1 Å². The quantitative estimate of drug-likeness (QED) is 0.559. The molecule has 30 heavy (non-hydrogen) atoms. The van der Waals surface area contributed by atoms with Gasteiger partial charge in [0.05, 0.1) is 52.8 Å². The van der Waals surface area contributed by atoms with E-state index in [4.69, 9.17) is 9.47 Å². The number of hydrogen-bond acceptors (Lipinski definition) is 6. The zero-order valence-electron chi connectivity index (χ0n) is 17.6. The highest BCUT2D eigenvalue weighted by Crippen LogP contribution is 2.39. The van der Waals surface area contributed by atoms with Gasteiger partial charge in [0.1, 0.15) is 5.75 Å². The molecule has 1 aliphatic heterocycles. The lowest BCUT2D eigenvalue weighted by atomic mass is 9.87. The lowest BCUT2D eigenvalue weighted by Gasteiger charge is -2.29. The van der Waals surface area contributed by atoms with Gasteiger partial charge in [-0.25, -0.2) is 0 Å². The van der Waals surface area contributed by atoms with Crippen LogP contribution in [0.3, 0.4) is 0 Å². The number of hydrogen-bond donors (Lipinski definition) is 2. The van der Waals surface area contributed by atoms with Gasteiger partial charge in [0.2, 0.25) is 0 Å². The minimum atomic E-state index is -1.69. The molecule has 7 atom stereocenters. The summed E-state index contributed by atoms with van der Waals surface area (Å²) in [5, 5.41) is 20.7. The average molecular weight is 437 g/mol. The molecule has 0 radical (unpaired) electrons. The Morgan fingerprint density at radius 3 is 2.73 bits per heavy atom. The van der Waals surface area contributed by atoms with Crippen LogP contribution in [0.4, 0.5) is 0 Å². The van der Waals surface area contributed by atoms with Crippen molar-refractivity contribution < 1.29 is 28.7 Å². The number of fused-ring (bicyclic) bond motifs is 1. The van der Waals surface area contributed by atoms with Crippen molar-refractivity contribution in [2.24, 2.45) is 11.8 Å². The van der Waals surface area contributed by atoms with Gasteiger partial charge in [-0.2, -0.15) is 0 Å². The highest BCUT2D eigenvalue weighted by Gasteiger charge is 2.43.